The van der Waals surface area contributed by atoms with Crippen molar-refractivity contribution in [3.63, 3.8) is 0 Å². The minimum absolute atomic E-state index is 0.249. The van der Waals surface area contributed by atoms with Crippen LogP contribution in [0.4, 0.5) is 17.3 Å². The van der Waals surface area contributed by atoms with E-state index >= 15 is 0 Å². The molecule has 0 unspecified atom stereocenters. The lowest BCUT2D eigenvalue weighted by Crippen LogP contribution is -2.37. The number of amidine groups is 1. The predicted molar refractivity (Wildman–Crippen MR) is 148 cm³/mol. The van der Waals surface area contributed by atoms with Crippen LogP contribution < -0.4 is 16.0 Å². The number of hydrogen-bond acceptors (Lipinski definition) is 7. The van der Waals surface area contributed by atoms with E-state index in [0.29, 0.717) is 45.2 Å². The molecule has 4 rings (SSSR count). The second kappa shape index (κ2) is 11.5. The van der Waals surface area contributed by atoms with Gasteiger partial charge in [-0.1, -0.05) is 30.7 Å². The summed E-state index contributed by atoms with van der Waals surface area (Å²) >= 11 is 7.80. The van der Waals surface area contributed by atoms with Gasteiger partial charge >= 0.3 is 0 Å². The number of rotatable bonds is 9. The molecule has 1 fully saturated rings. The summed E-state index contributed by atoms with van der Waals surface area (Å²) in [5.74, 6) is 1.38. The van der Waals surface area contributed by atoms with Gasteiger partial charge < -0.3 is 21.4 Å². The molecule has 0 radical (unpaired) electrons. The van der Waals surface area contributed by atoms with Crippen molar-refractivity contribution in [3.05, 3.63) is 64.7 Å². The van der Waals surface area contributed by atoms with E-state index < -0.39 is 0 Å². The summed E-state index contributed by atoms with van der Waals surface area (Å²) in [6.07, 6.45) is 2.18. The molecule has 0 atom stereocenters. The summed E-state index contributed by atoms with van der Waals surface area (Å²) < 4.78 is 0. The number of anilines is 2. The Bertz CT molecular complexity index is 1310. The van der Waals surface area contributed by atoms with E-state index in [1.54, 1.807) is 13.0 Å². The van der Waals surface area contributed by atoms with Crippen molar-refractivity contribution in [1.29, 1.82) is 5.41 Å². The Labute approximate surface area is 219 Å². The maximum Gasteiger partial charge on any atom is 0.257 e. The fraction of sp³-hybridized carbons (Fsp3) is 0.269. The summed E-state index contributed by atoms with van der Waals surface area (Å²) in [7, 11) is 0. The summed E-state index contributed by atoms with van der Waals surface area (Å²) in [6, 6.07) is 14.8. The van der Waals surface area contributed by atoms with Crippen molar-refractivity contribution in [3.8, 4) is 0 Å². The summed E-state index contributed by atoms with van der Waals surface area (Å²) in [4.78, 5) is 29.5. The largest absolute Gasteiger partial charge is 0.387 e. The third-order valence-corrected chi connectivity index (χ3v) is 6.91. The highest BCUT2D eigenvalue weighted by molar-refractivity contribution is 7.99. The monoisotopic (exact) mass is 521 g/mol. The number of aliphatic imine (C=N–C) groups is 1. The molecule has 0 spiro atoms. The number of halogens is 1. The molecule has 1 amide bonds. The fourth-order valence-electron chi connectivity index (χ4n) is 3.61. The van der Waals surface area contributed by atoms with Crippen LogP contribution >= 0.6 is 23.4 Å². The summed E-state index contributed by atoms with van der Waals surface area (Å²) in [5, 5.41) is 11.6. The van der Waals surface area contributed by atoms with Gasteiger partial charge in [-0.3, -0.25) is 4.79 Å². The van der Waals surface area contributed by atoms with Gasteiger partial charge in [0.05, 0.1) is 10.6 Å². The van der Waals surface area contributed by atoms with Crippen molar-refractivity contribution < 1.29 is 4.79 Å². The number of carbonyl (C=O) groups excluding carboxylic acids is 1. The number of carbonyl (C=O) groups is 1. The van der Waals surface area contributed by atoms with Crippen LogP contribution in [0.2, 0.25) is 5.02 Å². The van der Waals surface area contributed by atoms with E-state index in [0.717, 1.165) is 42.2 Å². The lowest BCUT2D eigenvalue weighted by atomic mass is 10.1. The van der Waals surface area contributed by atoms with E-state index in [1.807, 2.05) is 49.4 Å². The Morgan fingerprint density at radius 2 is 1.97 bits per heavy atom. The lowest BCUT2D eigenvalue weighted by Gasteiger charge is -2.32. The van der Waals surface area contributed by atoms with Crippen molar-refractivity contribution in [2.75, 3.05) is 23.3 Å². The standard InChI is InChI=1S/C26H28ClN7OS/c1-3-17-6-4-7-20(24(17)27)25(35)30-18-8-10-19(11-9-18)36-26-32-22(31-21(29)14-16(2)28)15-23(33-26)34-12-5-13-34/h4,6-11,15,28H,3,5,12-14H2,1-2H3,(H,30,35)(H2,29,31,32,33). The number of nitrogens with one attached hydrogen (secondary N) is 2. The number of aromatic nitrogens is 2. The average Bonchev–Trinajstić information content (AvgIpc) is 2.78. The highest BCUT2D eigenvalue weighted by atomic mass is 35.5. The molecule has 10 heteroatoms. The normalized spacial score (nSPS) is 13.3. The van der Waals surface area contributed by atoms with E-state index in [4.69, 9.17) is 27.7 Å². The highest BCUT2D eigenvalue weighted by Gasteiger charge is 2.18. The average molecular weight is 522 g/mol. The van der Waals surface area contributed by atoms with E-state index in [-0.39, 0.29) is 5.91 Å². The molecular formula is C26H28ClN7OS. The quantitative estimate of drug-likeness (QED) is 0.188. The first-order valence-electron chi connectivity index (χ1n) is 11.7. The van der Waals surface area contributed by atoms with Gasteiger partial charge in [-0.05, 0) is 67.4 Å². The molecular weight excluding hydrogens is 494 g/mol. The van der Waals surface area contributed by atoms with Crippen LogP contribution in [0, 0.1) is 5.41 Å². The molecule has 1 aliphatic rings. The maximum atomic E-state index is 12.7. The Kier molecular flexibility index (Phi) is 8.22. The zero-order valence-electron chi connectivity index (χ0n) is 20.2. The number of hydrogen-bond donors (Lipinski definition) is 3. The van der Waals surface area contributed by atoms with Crippen LogP contribution in [0.3, 0.4) is 0 Å². The number of nitrogens with two attached hydrogens (primary N) is 1. The fourth-order valence-corrected chi connectivity index (χ4v) is 4.71. The van der Waals surface area contributed by atoms with Gasteiger partial charge in [0.1, 0.15) is 11.7 Å². The molecule has 186 valence electrons. The molecule has 36 heavy (non-hydrogen) atoms. The van der Waals surface area contributed by atoms with Crippen LogP contribution in [0.25, 0.3) is 0 Å². The van der Waals surface area contributed by atoms with Crippen molar-refractivity contribution in [2.24, 2.45) is 10.7 Å². The SMILES string of the molecule is CCc1cccc(C(=O)Nc2ccc(Sc3nc(N=C(N)CC(C)=N)cc(N4CCC4)n3)cc2)c1Cl. The molecule has 8 nitrogen and oxygen atoms in total. The van der Waals surface area contributed by atoms with Crippen LogP contribution in [0.1, 0.15) is 42.6 Å². The van der Waals surface area contributed by atoms with Crippen LogP contribution in [0.5, 0.6) is 0 Å². The summed E-state index contributed by atoms with van der Waals surface area (Å²) in [6.45, 7) is 5.58. The molecule has 1 aromatic heterocycles. The Morgan fingerprint density at radius 1 is 1.22 bits per heavy atom. The molecule has 0 saturated carbocycles. The first kappa shape index (κ1) is 25.7. The van der Waals surface area contributed by atoms with E-state index in [1.165, 1.54) is 11.8 Å². The van der Waals surface area contributed by atoms with Crippen LogP contribution in [-0.4, -0.2) is 40.5 Å². The number of nitrogens with zero attached hydrogens (tertiary/aromatic N) is 4. The molecule has 2 aromatic carbocycles. The van der Waals surface area contributed by atoms with Gasteiger partial charge in [0.15, 0.2) is 11.0 Å². The van der Waals surface area contributed by atoms with Gasteiger partial charge in [-0.2, -0.15) is 0 Å². The van der Waals surface area contributed by atoms with Gasteiger partial charge in [0.25, 0.3) is 5.91 Å². The highest BCUT2D eigenvalue weighted by Crippen LogP contribution is 2.31. The number of benzene rings is 2. The first-order chi connectivity index (χ1) is 17.3. The van der Waals surface area contributed by atoms with E-state index in [9.17, 15) is 4.79 Å². The Balaban J connectivity index is 1.50. The summed E-state index contributed by atoms with van der Waals surface area (Å²) in [5.41, 5.74) is 8.49. The van der Waals surface area contributed by atoms with Crippen LogP contribution in [-0.2, 0) is 6.42 Å². The molecule has 0 aliphatic carbocycles. The second-order valence-electron chi connectivity index (χ2n) is 8.48. The Hall–Kier alpha value is -3.43. The van der Waals surface area contributed by atoms with E-state index in [2.05, 4.69) is 20.2 Å². The van der Waals surface area contributed by atoms with Gasteiger partial charge in [-0.15, -0.1) is 0 Å². The molecule has 1 aliphatic heterocycles. The van der Waals surface area contributed by atoms with Crippen molar-refractivity contribution >= 4 is 58.1 Å². The smallest absolute Gasteiger partial charge is 0.257 e. The topological polar surface area (TPSA) is 120 Å². The molecule has 2 heterocycles. The molecule has 3 aromatic rings. The van der Waals surface area contributed by atoms with Gasteiger partial charge in [0, 0.05) is 41.9 Å². The molecule has 4 N–H and O–H groups in total. The number of aryl methyl sites for hydroxylation is 1. The predicted octanol–water partition coefficient (Wildman–Crippen LogP) is 5.72. The maximum absolute atomic E-state index is 12.7. The Morgan fingerprint density at radius 3 is 2.61 bits per heavy atom. The van der Waals surface area contributed by atoms with Gasteiger partial charge in [-0.25, -0.2) is 15.0 Å². The number of amides is 1. The zero-order chi connectivity index (χ0) is 25.7. The molecule has 1 saturated heterocycles. The van der Waals surface area contributed by atoms with Gasteiger partial charge in [0.2, 0.25) is 0 Å². The lowest BCUT2D eigenvalue weighted by molar-refractivity contribution is 0.102. The second-order valence-corrected chi connectivity index (χ2v) is 9.90. The van der Waals surface area contributed by atoms with Crippen LogP contribution in [0.15, 0.2) is 63.6 Å². The van der Waals surface area contributed by atoms with Crippen molar-refractivity contribution in [2.45, 2.75) is 43.2 Å². The first-order valence-corrected chi connectivity index (χ1v) is 12.9. The third kappa shape index (κ3) is 6.41. The minimum atomic E-state index is -0.249. The zero-order valence-corrected chi connectivity index (χ0v) is 21.8. The van der Waals surface area contributed by atoms with Crippen molar-refractivity contribution in [1.82, 2.24) is 9.97 Å². The minimum Gasteiger partial charge on any atom is -0.387 e. The molecule has 0 bridgehead atoms. The third-order valence-electron chi connectivity index (χ3n) is 5.59.